The number of methoxy groups -OCH3 is 1. The van der Waals surface area contributed by atoms with Crippen molar-refractivity contribution >= 4 is 21.6 Å². The summed E-state index contributed by atoms with van der Waals surface area (Å²) >= 11 is 1.69. The first-order chi connectivity index (χ1) is 8.36. The van der Waals surface area contributed by atoms with Gasteiger partial charge in [0.1, 0.15) is 10.8 Å². The van der Waals surface area contributed by atoms with Crippen molar-refractivity contribution in [1.82, 2.24) is 4.98 Å². The van der Waals surface area contributed by atoms with Gasteiger partial charge in [0.15, 0.2) is 0 Å². The summed E-state index contributed by atoms with van der Waals surface area (Å²) < 4.78 is 6.37. The zero-order chi connectivity index (χ0) is 11.7. The first kappa shape index (κ1) is 10.3. The van der Waals surface area contributed by atoms with Crippen molar-refractivity contribution in [2.24, 2.45) is 0 Å². The van der Waals surface area contributed by atoms with Crippen LogP contribution in [-0.2, 0) is 0 Å². The Balaban J connectivity index is 2.14. The molecule has 0 fully saturated rings. The summed E-state index contributed by atoms with van der Waals surface area (Å²) in [6.07, 6.45) is 0. The molecule has 0 saturated heterocycles. The summed E-state index contributed by atoms with van der Waals surface area (Å²) in [6.45, 7) is 0. The monoisotopic (exact) mass is 241 g/mol. The van der Waals surface area contributed by atoms with Crippen LogP contribution in [0.15, 0.2) is 48.5 Å². The number of fused-ring (bicyclic) bond motifs is 1. The fourth-order valence-electron chi connectivity index (χ4n) is 1.74. The lowest BCUT2D eigenvalue weighted by Gasteiger charge is -1.96. The van der Waals surface area contributed by atoms with Gasteiger partial charge < -0.3 is 4.74 Å². The maximum absolute atomic E-state index is 5.22. The number of thiazole rings is 1. The van der Waals surface area contributed by atoms with Gasteiger partial charge in [-0.25, -0.2) is 4.98 Å². The first-order valence-electron chi connectivity index (χ1n) is 5.37. The molecule has 0 unspecified atom stereocenters. The van der Waals surface area contributed by atoms with Crippen molar-refractivity contribution in [2.75, 3.05) is 7.11 Å². The highest BCUT2D eigenvalue weighted by atomic mass is 32.1. The van der Waals surface area contributed by atoms with E-state index in [-0.39, 0.29) is 0 Å². The molecule has 3 aromatic rings. The van der Waals surface area contributed by atoms with Gasteiger partial charge in [-0.1, -0.05) is 30.3 Å². The molecule has 3 heteroatoms. The minimum absolute atomic E-state index is 0.876. The van der Waals surface area contributed by atoms with Crippen LogP contribution in [0.25, 0.3) is 20.8 Å². The molecule has 2 aromatic carbocycles. The van der Waals surface area contributed by atoms with Crippen LogP contribution in [0.4, 0.5) is 0 Å². The molecule has 0 bridgehead atoms. The second-order valence-corrected chi connectivity index (χ2v) is 4.75. The van der Waals surface area contributed by atoms with Gasteiger partial charge in [-0.15, -0.1) is 11.3 Å². The van der Waals surface area contributed by atoms with Crippen LogP contribution in [0, 0.1) is 0 Å². The number of ether oxygens (including phenoxy) is 1. The van der Waals surface area contributed by atoms with Gasteiger partial charge in [-0.2, -0.15) is 0 Å². The molecule has 2 nitrogen and oxygen atoms in total. The number of hydrogen-bond donors (Lipinski definition) is 0. The van der Waals surface area contributed by atoms with Gasteiger partial charge in [0.25, 0.3) is 0 Å². The van der Waals surface area contributed by atoms with Crippen LogP contribution >= 0.6 is 11.3 Å². The molecule has 0 saturated carbocycles. The Morgan fingerprint density at radius 2 is 1.88 bits per heavy atom. The maximum Gasteiger partial charge on any atom is 0.124 e. The zero-order valence-electron chi connectivity index (χ0n) is 9.38. The third kappa shape index (κ3) is 1.89. The topological polar surface area (TPSA) is 22.1 Å². The molecule has 1 aromatic heterocycles. The average Bonchev–Trinajstić information content (AvgIpc) is 2.82. The van der Waals surface area contributed by atoms with Crippen molar-refractivity contribution in [2.45, 2.75) is 0 Å². The van der Waals surface area contributed by atoms with Crippen LogP contribution in [0.1, 0.15) is 0 Å². The third-order valence-electron chi connectivity index (χ3n) is 2.62. The number of rotatable bonds is 2. The predicted molar refractivity (Wildman–Crippen MR) is 71.6 cm³/mol. The smallest absolute Gasteiger partial charge is 0.124 e. The number of hydrogen-bond acceptors (Lipinski definition) is 3. The predicted octanol–water partition coefficient (Wildman–Crippen LogP) is 3.97. The summed E-state index contributed by atoms with van der Waals surface area (Å²) in [5, 5.41) is 1.05. The molecule has 0 aliphatic carbocycles. The number of nitrogens with zero attached hydrogens (tertiary/aromatic N) is 1. The normalized spacial score (nSPS) is 10.6. The quantitative estimate of drug-likeness (QED) is 0.677. The molecule has 0 aliphatic heterocycles. The van der Waals surface area contributed by atoms with Crippen LogP contribution in [0.2, 0.25) is 0 Å². The standard InChI is InChI=1S/C14H11NOS/c1-16-11-7-8-12-13(9-11)17-14(15-12)10-5-3-2-4-6-10/h2-9H,1H3. The largest absolute Gasteiger partial charge is 0.497 e. The van der Waals surface area contributed by atoms with Gasteiger partial charge in [-0.3, -0.25) is 0 Å². The van der Waals surface area contributed by atoms with E-state index < -0.39 is 0 Å². The summed E-state index contributed by atoms with van der Waals surface area (Å²) in [5.74, 6) is 0.876. The van der Waals surface area contributed by atoms with Crippen LogP contribution in [0.5, 0.6) is 5.75 Å². The number of benzene rings is 2. The molecule has 0 aliphatic rings. The minimum Gasteiger partial charge on any atom is -0.497 e. The summed E-state index contributed by atoms with van der Waals surface area (Å²) in [7, 11) is 1.68. The van der Waals surface area contributed by atoms with E-state index in [1.165, 1.54) is 0 Å². The maximum atomic E-state index is 5.22. The van der Waals surface area contributed by atoms with Gasteiger partial charge in [0, 0.05) is 5.56 Å². The summed E-state index contributed by atoms with van der Waals surface area (Å²) in [6, 6.07) is 16.2. The van der Waals surface area contributed by atoms with Crippen LogP contribution in [-0.4, -0.2) is 12.1 Å². The van der Waals surface area contributed by atoms with E-state index in [2.05, 4.69) is 17.1 Å². The van der Waals surface area contributed by atoms with Gasteiger partial charge >= 0.3 is 0 Å². The van der Waals surface area contributed by atoms with Crippen molar-refractivity contribution in [3.8, 4) is 16.3 Å². The van der Waals surface area contributed by atoms with Crippen LogP contribution in [0.3, 0.4) is 0 Å². The fraction of sp³-hybridized carbons (Fsp3) is 0.0714. The van der Waals surface area contributed by atoms with E-state index in [9.17, 15) is 0 Å². The highest BCUT2D eigenvalue weighted by Crippen LogP contribution is 2.31. The second kappa shape index (κ2) is 4.18. The third-order valence-corrected chi connectivity index (χ3v) is 3.68. The molecule has 84 valence electrons. The molecular formula is C14H11NOS. The Hall–Kier alpha value is -1.87. The van der Waals surface area contributed by atoms with Crippen molar-refractivity contribution in [3.63, 3.8) is 0 Å². The Labute approximate surface area is 104 Å². The second-order valence-electron chi connectivity index (χ2n) is 3.72. The van der Waals surface area contributed by atoms with Gasteiger partial charge in [-0.05, 0) is 18.2 Å². The molecule has 0 radical (unpaired) electrons. The molecule has 3 rings (SSSR count). The lowest BCUT2D eigenvalue weighted by atomic mass is 10.2. The Kier molecular flexibility index (Phi) is 2.53. The Bertz CT molecular complexity index is 646. The zero-order valence-corrected chi connectivity index (χ0v) is 10.2. The molecule has 0 amide bonds. The SMILES string of the molecule is COc1ccc2nc(-c3ccccc3)sc2c1. The van der Waals surface area contributed by atoms with E-state index in [1.807, 2.05) is 36.4 Å². The van der Waals surface area contributed by atoms with E-state index in [4.69, 9.17) is 4.74 Å². The van der Waals surface area contributed by atoms with Crippen molar-refractivity contribution in [3.05, 3.63) is 48.5 Å². The molecule has 17 heavy (non-hydrogen) atoms. The number of aromatic nitrogens is 1. The molecule has 0 spiro atoms. The highest BCUT2D eigenvalue weighted by molar-refractivity contribution is 7.21. The van der Waals surface area contributed by atoms with Crippen LogP contribution < -0.4 is 4.74 Å². The van der Waals surface area contributed by atoms with Crippen molar-refractivity contribution < 1.29 is 4.74 Å². The van der Waals surface area contributed by atoms with E-state index in [0.29, 0.717) is 0 Å². The molecule has 1 heterocycles. The van der Waals surface area contributed by atoms with E-state index in [0.717, 1.165) is 26.5 Å². The summed E-state index contributed by atoms with van der Waals surface area (Å²) in [5.41, 5.74) is 2.18. The molecule has 0 N–H and O–H groups in total. The Morgan fingerprint density at radius 1 is 1.06 bits per heavy atom. The first-order valence-corrected chi connectivity index (χ1v) is 6.18. The van der Waals surface area contributed by atoms with E-state index in [1.54, 1.807) is 18.4 Å². The lowest BCUT2D eigenvalue weighted by Crippen LogP contribution is -1.80. The van der Waals surface area contributed by atoms with Gasteiger partial charge in [0.2, 0.25) is 0 Å². The van der Waals surface area contributed by atoms with Gasteiger partial charge in [0.05, 0.1) is 17.3 Å². The fourth-order valence-corrected chi connectivity index (χ4v) is 2.74. The van der Waals surface area contributed by atoms with Crippen molar-refractivity contribution in [1.29, 1.82) is 0 Å². The molecular weight excluding hydrogens is 230 g/mol. The Morgan fingerprint density at radius 3 is 2.65 bits per heavy atom. The minimum atomic E-state index is 0.876. The summed E-state index contributed by atoms with van der Waals surface area (Å²) in [4.78, 5) is 4.62. The van der Waals surface area contributed by atoms with E-state index >= 15 is 0 Å². The molecule has 0 atom stereocenters. The lowest BCUT2D eigenvalue weighted by molar-refractivity contribution is 0.415. The average molecular weight is 241 g/mol. The highest BCUT2D eigenvalue weighted by Gasteiger charge is 2.06.